The van der Waals surface area contributed by atoms with Crippen molar-refractivity contribution < 1.29 is 14.0 Å². The Morgan fingerprint density at radius 2 is 1.70 bits per heavy atom. The summed E-state index contributed by atoms with van der Waals surface area (Å²) in [6, 6.07) is 5.19. The third-order valence-electron chi connectivity index (χ3n) is 4.95. The molecule has 150 valence electrons. The Hall–Kier alpha value is -1.99. The number of nitrogens with zero attached hydrogens (tertiary/aromatic N) is 2. The second-order valence-electron chi connectivity index (χ2n) is 7.29. The van der Waals surface area contributed by atoms with Crippen LogP contribution in [0.25, 0.3) is 0 Å². The third kappa shape index (κ3) is 7.27. The zero-order valence-electron chi connectivity index (χ0n) is 16.6. The minimum atomic E-state index is -0.254. The minimum Gasteiger partial charge on any atom is -0.353 e. The van der Waals surface area contributed by atoms with Crippen LogP contribution in [-0.2, 0) is 16.1 Å². The number of carbonyl (C=O) groups excluding carboxylic acids is 2. The Bertz CT molecular complexity index is 645. The molecule has 2 N–H and O–H groups in total. The van der Waals surface area contributed by atoms with Crippen LogP contribution in [0.3, 0.4) is 0 Å². The lowest BCUT2D eigenvalue weighted by atomic mass is 10.1. The lowest BCUT2D eigenvalue weighted by Crippen LogP contribution is -2.52. The number of hydrogen-bond acceptors (Lipinski definition) is 4. The molecular weight excluding hydrogens is 347 g/mol. The highest BCUT2D eigenvalue weighted by molar-refractivity contribution is 5.78. The maximum absolute atomic E-state index is 13.5. The van der Waals surface area contributed by atoms with Gasteiger partial charge in [0.15, 0.2) is 0 Å². The van der Waals surface area contributed by atoms with Gasteiger partial charge in [0.1, 0.15) is 5.82 Å². The summed E-state index contributed by atoms with van der Waals surface area (Å²) >= 11 is 0. The number of rotatable bonds is 8. The Balaban J connectivity index is 1.66. The van der Waals surface area contributed by atoms with E-state index in [1.54, 1.807) is 13.0 Å². The molecule has 7 heteroatoms. The van der Waals surface area contributed by atoms with Gasteiger partial charge in [0.25, 0.3) is 0 Å². The van der Waals surface area contributed by atoms with Crippen LogP contribution in [0.4, 0.5) is 4.39 Å². The van der Waals surface area contributed by atoms with E-state index in [4.69, 9.17) is 0 Å². The molecule has 0 bridgehead atoms. The number of hydrogen-bond donors (Lipinski definition) is 2. The molecule has 1 unspecified atom stereocenters. The number of carbonyl (C=O) groups is 2. The predicted molar refractivity (Wildman–Crippen MR) is 104 cm³/mol. The van der Waals surface area contributed by atoms with Crippen molar-refractivity contribution in [3.8, 4) is 0 Å². The van der Waals surface area contributed by atoms with E-state index >= 15 is 0 Å². The van der Waals surface area contributed by atoms with Gasteiger partial charge >= 0.3 is 0 Å². The van der Waals surface area contributed by atoms with Crippen LogP contribution in [0.1, 0.15) is 31.4 Å². The highest BCUT2D eigenvalue weighted by Gasteiger charge is 2.20. The van der Waals surface area contributed by atoms with Gasteiger partial charge in [0.05, 0.1) is 13.1 Å². The van der Waals surface area contributed by atoms with Gasteiger partial charge in [0.2, 0.25) is 11.8 Å². The van der Waals surface area contributed by atoms with Crippen molar-refractivity contribution in [1.29, 1.82) is 0 Å². The SMILES string of the molecule is CCC(C)NC(=O)CN1CCN(CC(=O)NCc2ccc(C)c(F)c2)CC1. The molecule has 0 aliphatic carbocycles. The molecule has 1 heterocycles. The Kier molecular flexibility index (Phi) is 8.19. The monoisotopic (exact) mass is 378 g/mol. The number of amides is 2. The van der Waals surface area contributed by atoms with Gasteiger partial charge in [-0.05, 0) is 37.5 Å². The fourth-order valence-corrected chi connectivity index (χ4v) is 2.94. The summed E-state index contributed by atoms with van der Waals surface area (Å²) in [5.41, 5.74) is 1.35. The Morgan fingerprint density at radius 1 is 1.11 bits per heavy atom. The van der Waals surface area contributed by atoms with Crippen molar-refractivity contribution in [1.82, 2.24) is 20.4 Å². The van der Waals surface area contributed by atoms with Crippen molar-refractivity contribution in [3.63, 3.8) is 0 Å². The van der Waals surface area contributed by atoms with Crippen molar-refractivity contribution in [2.24, 2.45) is 0 Å². The molecule has 27 heavy (non-hydrogen) atoms. The van der Waals surface area contributed by atoms with Crippen LogP contribution < -0.4 is 10.6 Å². The van der Waals surface area contributed by atoms with E-state index in [0.717, 1.165) is 38.2 Å². The van der Waals surface area contributed by atoms with Gasteiger partial charge in [0, 0.05) is 38.8 Å². The predicted octanol–water partition coefficient (Wildman–Crippen LogP) is 1.28. The summed E-state index contributed by atoms with van der Waals surface area (Å²) in [6.45, 7) is 9.85. The number of nitrogens with one attached hydrogen (secondary N) is 2. The number of aryl methyl sites for hydroxylation is 1. The molecule has 1 fully saturated rings. The molecule has 1 aliphatic rings. The number of piperazine rings is 1. The van der Waals surface area contributed by atoms with E-state index in [9.17, 15) is 14.0 Å². The summed E-state index contributed by atoms with van der Waals surface area (Å²) in [4.78, 5) is 28.3. The Labute approximate surface area is 161 Å². The number of benzene rings is 1. The van der Waals surface area contributed by atoms with E-state index in [1.807, 2.05) is 19.9 Å². The topological polar surface area (TPSA) is 64.7 Å². The van der Waals surface area contributed by atoms with E-state index in [0.29, 0.717) is 25.2 Å². The zero-order chi connectivity index (χ0) is 19.8. The molecule has 1 aromatic carbocycles. The van der Waals surface area contributed by atoms with Gasteiger partial charge in [-0.25, -0.2) is 4.39 Å². The first-order valence-corrected chi connectivity index (χ1v) is 9.63. The lowest BCUT2D eigenvalue weighted by Gasteiger charge is -2.34. The minimum absolute atomic E-state index is 0.0564. The van der Waals surface area contributed by atoms with E-state index in [1.165, 1.54) is 6.07 Å². The van der Waals surface area contributed by atoms with Gasteiger partial charge in [-0.3, -0.25) is 19.4 Å². The van der Waals surface area contributed by atoms with Crippen LogP contribution >= 0.6 is 0 Å². The van der Waals surface area contributed by atoms with Crippen LogP contribution in [0.5, 0.6) is 0 Å². The van der Waals surface area contributed by atoms with Crippen molar-refractivity contribution in [2.45, 2.75) is 39.8 Å². The molecule has 2 rings (SSSR count). The second-order valence-corrected chi connectivity index (χ2v) is 7.29. The van der Waals surface area contributed by atoms with Crippen LogP contribution in [-0.4, -0.2) is 66.9 Å². The fourth-order valence-electron chi connectivity index (χ4n) is 2.94. The summed E-state index contributed by atoms with van der Waals surface area (Å²) < 4.78 is 13.5. The van der Waals surface area contributed by atoms with Gasteiger partial charge in [-0.15, -0.1) is 0 Å². The molecule has 1 aromatic rings. The average molecular weight is 378 g/mol. The molecule has 0 spiro atoms. The average Bonchev–Trinajstić information content (AvgIpc) is 2.64. The molecule has 1 atom stereocenters. The summed E-state index contributed by atoms with van der Waals surface area (Å²) in [5, 5.41) is 5.81. The molecule has 0 aromatic heterocycles. The van der Waals surface area contributed by atoms with Crippen LogP contribution in [0, 0.1) is 12.7 Å². The van der Waals surface area contributed by atoms with E-state index in [-0.39, 0.29) is 23.7 Å². The van der Waals surface area contributed by atoms with Gasteiger partial charge in [-0.1, -0.05) is 19.1 Å². The first-order valence-electron chi connectivity index (χ1n) is 9.63. The zero-order valence-corrected chi connectivity index (χ0v) is 16.6. The quantitative estimate of drug-likeness (QED) is 0.715. The largest absolute Gasteiger partial charge is 0.353 e. The molecule has 0 saturated carbocycles. The maximum atomic E-state index is 13.5. The first-order chi connectivity index (χ1) is 12.9. The smallest absolute Gasteiger partial charge is 0.234 e. The van der Waals surface area contributed by atoms with Crippen molar-refractivity contribution in [3.05, 3.63) is 35.1 Å². The lowest BCUT2D eigenvalue weighted by molar-refractivity contribution is -0.125. The second kappa shape index (κ2) is 10.4. The van der Waals surface area contributed by atoms with E-state index < -0.39 is 0 Å². The standard InChI is InChI=1S/C20H31FN4O2/c1-4-16(3)23-20(27)14-25-9-7-24(8-10-25)13-19(26)22-12-17-6-5-15(2)18(21)11-17/h5-6,11,16H,4,7-10,12-14H2,1-3H3,(H,22,26)(H,23,27). The molecule has 0 radical (unpaired) electrons. The molecular formula is C20H31FN4O2. The summed E-state index contributed by atoms with van der Waals surface area (Å²) in [7, 11) is 0. The molecule has 1 aliphatic heterocycles. The van der Waals surface area contributed by atoms with Gasteiger partial charge in [-0.2, -0.15) is 0 Å². The normalized spacial score (nSPS) is 16.7. The molecule has 1 saturated heterocycles. The molecule has 6 nitrogen and oxygen atoms in total. The van der Waals surface area contributed by atoms with Crippen molar-refractivity contribution in [2.75, 3.05) is 39.3 Å². The Morgan fingerprint density at radius 3 is 2.26 bits per heavy atom. The first kappa shape index (κ1) is 21.3. The maximum Gasteiger partial charge on any atom is 0.234 e. The summed E-state index contributed by atoms with van der Waals surface area (Å²) in [5.74, 6) is -0.268. The van der Waals surface area contributed by atoms with E-state index in [2.05, 4.69) is 20.4 Å². The van der Waals surface area contributed by atoms with Gasteiger partial charge < -0.3 is 10.6 Å². The number of halogens is 1. The highest BCUT2D eigenvalue weighted by atomic mass is 19.1. The third-order valence-corrected chi connectivity index (χ3v) is 4.95. The van der Waals surface area contributed by atoms with Crippen molar-refractivity contribution >= 4 is 11.8 Å². The fraction of sp³-hybridized carbons (Fsp3) is 0.600. The summed E-state index contributed by atoms with van der Waals surface area (Å²) in [6.07, 6.45) is 0.920. The van der Waals surface area contributed by atoms with Crippen LogP contribution in [0.15, 0.2) is 18.2 Å². The highest BCUT2D eigenvalue weighted by Crippen LogP contribution is 2.09. The molecule has 2 amide bonds. The van der Waals surface area contributed by atoms with Crippen LogP contribution in [0.2, 0.25) is 0 Å².